The summed E-state index contributed by atoms with van der Waals surface area (Å²) in [4.78, 5) is 15.3. The number of nitrogens with one attached hydrogen (secondary N) is 1. The molecule has 21 heavy (non-hydrogen) atoms. The number of rotatable bonds is 6. The third kappa shape index (κ3) is 4.03. The maximum atomic E-state index is 11.1. The third-order valence-corrected chi connectivity index (χ3v) is 3.23. The first-order valence-electron chi connectivity index (χ1n) is 6.52. The second kappa shape index (κ2) is 6.69. The minimum absolute atomic E-state index is 0.0406. The highest BCUT2D eigenvalue weighted by molar-refractivity contribution is 6.30. The first kappa shape index (κ1) is 15.5. The smallest absolute Gasteiger partial charge is 0.320 e. The van der Waals surface area contributed by atoms with E-state index in [1.54, 1.807) is 24.3 Å². The molecule has 0 amide bonds. The Kier molecular flexibility index (Phi) is 4.93. The van der Waals surface area contributed by atoms with Gasteiger partial charge >= 0.3 is 5.97 Å². The molecule has 1 heterocycles. The van der Waals surface area contributed by atoms with Crippen LogP contribution in [0.15, 0.2) is 28.8 Å². The summed E-state index contributed by atoms with van der Waals surface area (Å²) in [6.07, 6.45) is 0. The van der Waals surface area contributed by atoms with Crippen molar-refractivity contribution in [3.05, 3.63) is 35.2 Å². The van der Waals surface area contributed by atoms with Crippen LogP contribution in [0, 0.1) is 5.92 Å². The molecule has 0 saturated carbocycles. The largest absolute Gasteiger partial charge is 0.480 e. The minimum Gasteiger partial charge on any atom is -0.480 e. The van der Waals surface area contributed by atoms with Gasteiger partial charge in [0.2, 0.25) is 11.7 Å². The quantitative estimate of drug-likeness (QED) is 0.852. The Morgan fingerprint density at radius 2 is 2.05 bits per heavy atom. The molecular formula is C14H16ClN3O3. The number of aromatic nitrogens is 2. The minimum atomic E-state index is -0.901. The van der Waals surface area contributed by atoms with Crippen molar-refractivity contribution in [2.75, 3.05) is 0 Å². The summed E-state index contributed by atoms with van der Waals surface area (Å²) < 4.78 is 5.11. The van der Waals surface area contributed by atoms with Crippen LogP contribution in [0.25, 0.3) is 11.4 Å². The van der Waals surface area contributed by atoms with Gasteiger partial charge in [-0.05, 0) is 30.2 Å². The van der Waals surface area contributed by atoms with Crippen LogP contribution in [-0.2, 0) is 11.3 Å². The Morgan fingerprint density at radius 1 is 1.38 bits per heavy atom. The highest BCUT2D eigenvalue weighted by Gasteiger charge is 2.21. The number of hydrogen-bond acceptors (Lipinski definition) is 5. The lowest BCUT2D eigenvalue weighted by molar-refractivity contribution is -0.140. The summed E-state index contributed by atoms with van der Waals surface area (Å²) in [6.45, 7) is 3.87. The second-order valence-corrected chi connectivity index (χ2v) is 5.40. The number of carboxylic acids is 1. The van der Waals surface area contributed by atoms with Crippen LogP contribution in [0.1, 0.15) is 19.7 Å². The van der Waals surface area contributed by atoms with Gasteiger partial charge in [0, 0.05) is 10.6 Å². The monoisotopic (exact) mass is 309 g/mol. The molecule has 7 heteroatoms. The first-order valence-corrected chi connectivity index (χ1v) is 6.90. The zero-order chi connectivity index (χ0) is 15.4. The van der Waals surface area contributed by atoms with E-state index in [2.05, 4.69) is 15.5 Å². The predicted octanol–water partition coefficient (Wildman–Crippen LogP) is 2.59. The van der Waals surface area contributed by atoms with Crippen molar-refractivity contribution in [2.45, 2.75) is 26.4 Å². The molecule has 1 atom stereocenters. The Hall–Kier alpha value is -1.92. The van der Waals surface area contributed by atoms with Crippen LogP contribution in [0.2, 0.25) is 5.02 Å². The standard InChI is InChI=1S/C14H16ClN3O3/c1-8(2)12(14(19)20)16-7-11-17-13(18-21-11)9-3-5-10(15)6-4-9/h3-6,8,12,16H,7H2,1-2H3,(H,19,20). The fourth-order valence-corrected chi connectivity index (χ4v) is 1.97. The third-order valence-electron chi connectivity index (χ3n) is 2.98. The van der Waals surface area contributed by atoms with Gasteiger partial charge in [-0.15, -0.1) is 0 Å². The molecule has 1 aromatic heterocycles. The molecule has 0 fully saturated rings. The van der Waals surface area contributed by atoms with E-state index in [0.717, 1.165) is 5.56 Å². The predicted molar refractivity (Wildman–Crippen MR) is 77.8 cm³/mol. The van der Waals surface area contributed by atoms with Crippen molar-refractivity contribution in [3.8, 4) is 11.4 Å². The Bertz CT molecular complexity index is 610. The average molecular weight is 310 g/mol. The SMILES string of the molecule is CC(C)C(NCc1nc(-c2ccc(Cl)cc2)no1)C(=O)O. The molecule has 0 aliphatic heterocycles. The van der Waals surface area contributed by atoms with Crippen LogP contribution in [-0.4, -0.2) is 27.3 Å². The molecule has 0 radical (unpaired) electrons. The number of carboxylic acid groups (broad SMARTS) is 1. The van der Waals surface area contributed by atoms with Crippen LogP contribution >= 0.6 is 11.6 Å². The molecule has 0 spiro atoms. The Balaban J connectivity index is 2.03. The molecular weight excluding hydrogens is 294 g/mol. The summed E-state index contributed by atoms with van der Waals surface area (Å²) in [5, 5.41) is 16.5. The molecule has 2 N–H and O–H groups in total. The van der Waals surface area contributed by atoms with Gasteiger partial charge in [0.15, 0.2) is 0 Å². The van der Waals surface area contributed by atoms with Gasteiger partial charge in [0.1, 0.15) is 6.04 Å². The molecule has 0 saturated heterocycles. The van der Waals surface area contributed by atoms with E-state index >= 15 is 0 Å². The van der Waals surface area contributed by atoms with E-state index in [1.807, 2.05) is 13.8 Å². The maximum absolute atomic E-state index is 11.1. The molecule has 1 unspecified atom stereocenters. The van der Waals surface area contributed by atoms with Gasteiger partial charge in [0.25, 0.3) is 0 Å². The van der Waals surface area contributed by atoms with Gasteiger partial charge < -0.3 is 9.63 Å². The number of benzene rings is 1. The molecule has 2 rings (SSSR count). The second-order valence-electron chi connectivity index (χ2n) is 4.96. The van der Waals surface area contributed by atoms with E-state index in [0.29, 0.717) is 16.7 Å². The van der Waals surface area contributed by atoms with Gasteiger partial charge in [-0.1, -0.05) is 30.6 Å². The summed E-state index contributed by atoms with van der Waals surface area (Å²) in [7, 11) is 0. The molecule has 1 aromatic carbocycles. The highest BCUT2D eigenvalue weighted by Crippen LogP contribution is 2.18. The van der Waals surface area contributed by atoms with Crippen molar-refractivity contribution in [3.63, 3.8) is 0 Å². The van der Waals surface area contributed by atoms with E-state index in [1.165, 1.54) is 0 Å². The van der Waals surface area contributed by atoms with Crippen molar-refractivity contribution in [1.82, 2.24) is 15.5 Å². The average Bonchev–Trinajstić information content (AvgIpc) is 2.87. The number of halogens is 1. The topological polar surface area (TPSA) is 88.3 Å². The zero-order valence-electron chi connectivity index (χ0n) is 11.7. The Morgan fingerprint density at radius 3 is 2.62 bits per heavy atom. The molecule has 0 aliphatic rings. The number of aliphatic carboxylic acids is 1. The van der Waals surface area contributed by atoms with E-state index in [9.17, 15) is 4.79 Å². The molecule has 6 nitrogen and oxygen atoms in total. The highest BCUT2D eigenvalue weighted by atomic mass is 35.5. The lowest BCUT2D eigenvalue weighted by atomic mass is 10.1. The molecule has 0 aliphatic carbocycles. The lowest BCUT2D eigenvalue weighted by Crippen LogP contribution is -2.40. The fraction of sp³-hybridized carbons (Fsp3) is 0.357. The molecule has 112 valence electrons. The molecule has 2 aromatic rings. The lowest BCUT2D eigenvalue weighted by Gasteiger charge is -2.16. The van der Waals surface area contributed by atoms with Gasteiger partial charge in [-0.2, -0.15) is 4.98 Å². The molecule has 0 bridgehead atoms. The summed E-state index contributed by atoms with van der Waals surface area (Å²) in [6, 6.07) is 6.40. The fourth-order valence-electron chi connectivity index (χ4n) is 1.85. The summed E-state index contributed by atoms with van der Waals surface area (Å²) in [5.74, 6) is -0.157. The summed E-state index contributed by atoms with van der Waals surface area (Å²) in [5.41, 5.74) is 0.785. The van der Waals surface area contributed by atoms with Crippen LogP contribution in [0.5, 0.6) is 0 Å². The van der Waals surface area contributed by atoms with E-state index in [4.69, 9.17) is 21.2 Å². The van der Waals surface area contributed by atoms with E-state index < -0.39 is 12.0 Å². The van der Waals surface area contributed by atoms with Crippen molar-refractivity contribution in [2.24, 2.45) is 5.92 Å². The van der Waals surface area contributed by atoms with Crippen LogP contribution < -0.4 is 5.32 Å². The Labute approximate surface area is 127 Å². The van der Waals surface area contributed by atoms with Gasteiger partial charge in [-0.3, -0.25) is 10.1 Å². The first-order chi connectivity index (χ1) is 9.97. The van der Waals surface area contributed by atoms with Crippen molar-refractivity contribution >= 4 is 17.6 Å². The summed E-state index contributed by atoms with van der Waals surface area (Å²) >= 11 is 5.82. The van der Waals surface area contributed by atoms with Crippen molar-refractivity contribution < 1.29 is 14.4 Å². The van der Waals surface area contributed by atoms with Crippen LogP contribution in [0.4, 0.5) is 0 Å². The van der Waals surface area contributed by atoms with E-state index in [-0.39, 0.29) is 12.5 Å². The van der Waals surface area contributed by atoms with Gasteiger partial charge in [-0.25, -0.2) is 0 Å². The number of nitrogens with zero attached hydrogens (tertiary/aromatic N) is 2. The number of carbonyl (C=O) groups is 1. The normalized spacial score (nSPS) is 12.6. The van der Waals surface area contributed by atoms with Gasteiger partial charge in [0.05, 0.1) is 6.54 Å². The van der Waals surface area contributed by atoms with Crippen molar-refractivity contribution in [1.29, 1.82) is 0 Å². The zero-order valence-corrected chi connectivity index (χ0v) is 12.5. The van der Waals surface area contributed by atoms with Crippen LogP contribution in [0.3, 0.4) is 0 Å². The maximum Gasteiger partial charge on any atom is 0.320 e. The number of hydrogen-bond donors (Lipinski definition) is 2.